The fourth-order valence-corrected chi connectivity index (χ4v) is 1.62. The van der Waals surface area contributed by atoms with E-state index in [0.717, 1.165) is 4.47 Å². The third kappa shape index (κ3) is 3.21. The van der Waals surface area contributed by atoms with E-state index in [1.807, 2.05) is 0 Å². The van der Waals surface area contributed by atoms with Crippen LogP contribution in [0.5, 0.6) is 5.75 Å². The molecule has 1 rings (SSSR count). The first-order valence-corrected chi connectivity index (χ1v) is 5.15. The van der Waals surface area contributed by atoms with Crippen molar-refractivity contribution in [1.29, 1.82) is 0 Å². The third-order valence-corrected chi connectivity index (χ3v) is 2.36. The first-order chi connectivity index (χ1) is 7.04. The van der Waals surface area contributed by atoms with Gasteiger partial charge in [-0.25, -0.2) is 5.01 Å². The maximum Gasteiger partial charge on any atom is 0.265 e. The Morgan fingerprint density at radius 3 is 2.60 bits per heavy atom. The van der Waals surface area contributed by atoms with Crippen molar-refractivity contribution in [3.63, 3.8) is 0 Å². The van der Waals surface area contributed by atoms with Gasteiger partial charge in [0, 0.05) is 19.7 Å². The van der Waals surface area contributed by atoms with Gasteiger partial charge in [-0.05, 0) is 34.1 Å². The van der Waals surface area contributed by atoms with E-state index in [0.29, 0.717) is 11.3 Å². The van der Waals surface area contributed by atoms with Crippen LogP contribution in [0.2, 0.25) is 0 Å². The van der Waals surface area contributed by atoms with Gasteiger partial charge in [0.1, 0.15) is 5.75 Å². The number of ether oxygens (including phenoxy) is 1. The molecule has 82 valence electrons. The molecule has 5 heteroatoms. The van der Waals surface area contributed by atoms with Crippen LogP contribution < -0.4 is 10.2 Å². The summed E-state index contributed by atoms with van der Waals surface area (Å²) in [5.41, 5.74) is 3.24. The molecule has 0 fully saturated rings. The zero-order chi connectivity index (χ0) is 11.4. The van der Waals surface area contributed by atoms with Gasteiger partial charge in [0.2, 0.25) is 0 Å². The van der Waals surface area contributed by atoms with E-state index >= 15 is 0 Å². The highest BCUT2D eigenvalue weighted by atomic mass is 79.9. The molecular weight excluding hydrogens is 260 g/mol. The molecule has 0 radical (unpaired) electrons. The average molecular weight is 273 g/mol. The Hall–Kier alpha value is -1.07. The number of methoxy groups -OCH3 is 1. The third-order valence-electron chi connectivity index (χ3n) is 1.74. The Balaban J connectivity index is 2.87. The second-order valence-corrected chi connectivity index (χ2v) is 4.04. The summed E-state index contributed by atoms with van der Waals surface area (Å²) in [5, 5.41) is 1.60. The highest BCUT2D eigenvalue weighted by molar-refractivity contribution is 9.10. The van der Waals surface area contributed by atoms with Crippen LogP contribution in [-0.2, 0) is 0 Å². The van der Waals surface area contributed by atoms with Crippen LogP contribution in [0.1, 0.15) is 10.4 Å². The molecule has 0 aliphatic carbocycles. The maximum absolute atomic E-state index is 11.6. The molecule has 0 aromatic heterocycles. The molecule has 0 saturated carbocycles. The van der Waals surface area contributed by atoms with Gasteiger partial charge < -0.3 is 4.74 Å². The van der Waals surface area contributed by atoms with Crippen LogP contribution >= 0.6 is 15.9 Å². The minimum absolute atomic E-state index is 0.150. The van der Waals surface area contributed by atoms with Gasteiger partial charge in [0.25, 0.3) is 5.91 Å². The van der Waals surface area contributed by atoms with Gasteiger partial charge >= 0.3 is 0 Å². The predicted octanol–water partition coefficient (Wildman–Crippen LogP) is 1.66. The van der Waals surface area contributed by atoms with Crippen molar-refractivity contribution in [2.45, 2.75) is 0 Å². The van der Waals surface area contributed by atoms with E-state index in [9.17, 15) is 4.79 Å². The van der Waals surface area contributed by atoms with E-state index in [1.165, 1.54) is 0 Å². The Morgan fingerprint density at radius 2 is 2.13 bits per heavy atom. The molecule has 1 aromatic rings. The highest BCUT2D eigenvalue weighted by Crippen LogP contribution is 2.25. The largest absolute Gasteiger partial charge is 0.496 e. The summed E-state index contributed by atoms with van der Waals surface area (Å²) < 4.78 is 5.83. The number of rotatable bonds is 3. The number of carbonyl (C=O) groups is 1. The molecule has 0 heterocycles. The van der Waals surface area contributed by atoms with Crippen molar-refractivity contribution >= 4 is 21.8 Å². The van der Waals surface area contributed by atoms with Crippen LogP contribution in [0.25, 0.3) is 0 Å². The van der Waals surface area contributed by atoms with Crippen molar-refractivity contribution in [2.75, 3.05) is 21.2 Å². The summed E-state index contributed by atoms with van der Waals surface area (Å²) >= 11 is 3.32. The fraction of sp³-hybridized carbons (Fsp3) is 0.300. The number of hydrogen-bond donors (Lipinski definition) is 1. The smallest absolute Gasteiger partial charge is 0.265 e. The van der Waals surface area contributed by atoms with Crippen molar-refractivity contribution in [1.82, 2.24) is 10.4 Å². The summed E-state index contributed by atoms with van der Waals surface area (Å²) in [6.07, 6.45) is 0. The average Bonchev–Trinajstić information content (AvgIpc) is 2.16. The van der Waals surface area contributed by atoms with E-state index < -0.39 is 0 Å². The zero-order valence-electron chi connectivity index (χ0n) is 8.87. The molecule has 0 aliphatic rings. The standard InChI is InChI=1S/C10H13BrN2O2/c1-13(2)12-10(14)7-4-5-9(15-3)8(11)6-7/h4-6H,1-3H3,(H,12,14). The Bertz CT molecular complexity index is 366. The van der Waals surface area contributed by atoms with Crippen LogP contribution in [0.3, 0.4) is 0 Å². The summed E-state index contributed by atoms with van der Waals surface area (Å²) in [7, 11) is 5.10. The zero-order valence-corrected chi connectivity index (χ0v) is 10.5. The van der Waals surface area contributed by atoms with Crippen LogP contribution in [0.15, 0.2) is 22.7 Å². The number of nitrogens with one attached hydrogen (secondary N) is 1. The van der Waals surface area contributed by atoms with Gasteiger partial charge in [-0.3, -0.25) is 10.2 Å². The van der Waals surface area contributed by atoms with Gasteiger partial charge in [0.05, 0.1) is 11.6 Å². The monoisotopic (exact) mass is 272 g/mol. The van der Waals surface area contributed by atoms with Crippen LogP contribution in [0.4, 0.5) is 0 Å². The number of benzene rings is 1. The minimum Gasteiger partial charge on any atom is -0.496 e. The molecule has 1 amide bonds. The SMILES string of the molecule is COc1ccc(C(=O)NN(C)C)cc1Br. The summed E-state index contributed by atoms with van der Waals surface area (Å²) in [6.45, 7) is 0. The molecule has 0 atom stereocenters. The Morgan fingerprint density at radius 1 is 1.47 bits per heavy atom. The molecule has 0 saturated heterocycles. The Labute approximate surface area is 97.3 Å². The number of hydrazine groups is 1. The molecule has 15 heavy (non-hydrogen) atoms. The molecule has 1 N–H and O–H groups in total. The normalized spacial score (nSPS) is 10.2. The van der Waals surface area contributed by atoms with E-state index in [4.69, 9.17) is 4.74 Å². The molecule has 1 aromatic carbocycles. The first kappa shape index (κ1) is 12.0. The molecule has 0 unspecified atom stereocenters. The first-order valence-electron chi connectivity index (χ1n) is 4.36. The number of amides is 1. The minimum atomic E-state index is -0.150. The number of hydrogen-bond acceptors (Lipinski definition) is 3. The van der Waals surface area contributed by atoms with Gasteiger partial charge in [-0.15, -0.1) is 0 Å². The molecule has 0 bridgehead atoms. The quantitative estimate of drug-likeness (QED) is 0.852. The second-order valence-electron chi connectivity index (χ2n) is 3.18. The topological polar surface area (TPSA) is 41.6 Å². The second kappa shape index (κ2) is 5.14. The summed E-state index contributed by atoms with van der Waals surface area (Å²) in [6, 6.07) is 5.18. The van der Waals surface area contributed by atoms with Crippen LogP contribution in [0, 0.1) is 0 Å². The van der Waals surface area contributed by atoms with Crippen LogP contribution in [-0.4, -0.2) is 32.1 Å². The van der Waals surface area contributed by atoms with Gasteiger partial charge in [-0.1, -0.05) is 0 Å². The van der Waals surface area contributed by atoms with E-state index in [2.05, 4.69) is 21.4 Å². The lowest BCUT2D eigenvalue weighted by molar-refractivity contribution is 0.0857. The summed E-state index contributed by atoms with van der Waals surface area (Å²) in [4.78, 5) is 11.6. The molecular formula is C10H13BrN2O2. The number of halogens is 1. The lowest BCUT2D eigenvalue weighted by Gasteiger charge is -2.12. The van der Waals surface area contributed by atoms with Crippen molar-refractivity contribution in [3.05, 3.63) is 28.2 Å². The highest BCUT2D eigenvalue weighted by Gasteiger charge is 2.08. The van der Waals surface area contributed by atoms with E-state index in [1.54, 1.807) is 44.4 Å². The molecule has 0 spiro atoms. The van der Waals surface area contributed by atoms with Crippen molar-refractivity contribution in [3.8, 4) is 5.75 Å². The van der Waals surface area contributed by atoms with Gasteiger partial charge in [-0.2, -0.15) is 0 Å². The van der Waals surface area contributed by atoms with Gasteiger partial charge in [0.15, 0.2) is 0 Å². The van der Waals surface area contributed by atoms with Crippen molar-refractivity contribution < 1.29 is 9.53 Å². The number of nitrogens with zero attached hydrogens (tertiary/aromatic N) is 1. The predicted molar refractivity (Wildman–Crippen MR) is 61.8 cm³/mol. The lowest BCUT2D eigenvalue weighted by atomic mass is 10.2. The molecule has 4 nitrogen and oxygen atoms in total. The number of carbonyl (C=O) groups excluding carboxylic acids is 1. The van der Waals surface area contributed by atoms with Crippen molar-refractivity contribution in [2.24, 2.45) is 0 Å². The molecule has 0 aliphatic heterocycles. The maximum atomic E-state index is 11.6. The lowest BCUT2D eigenvalue weighted by Crippen LogP contribution is -2.36. The summed E-state index contributed by atoms with van der Waals surface area (Å²) in [5.74, 6) is 0.555. The van der Waals surface area contributed by atoms with E-state index in [-0.39, 0.29) is 5.91 Å². The fourth-order valence-electron chi connectivity index (χ4n) is 1.08. The Kier molecular flexibility index (Phi) is 4.11.